The zero-order valence-electron chi connectivity index (χ0n) is 18.6. The average molecular weight is 481 g/mol. The van der Waals surface area contributed by atoms with Gasteiger partial charge in [-0.05, 0) is 47.7 Å². The predicted molar refractivity (Wildman–Crippen MR) is 118 cm³/mol. The molecule has 11 nitrogen and oxygen atoms in total. The van der Waals surface area contributed by atoms with Crippen LogP contribution in [-0.4, -0.2) is 70.1 Å². The molecule has 5 rings (SSSR count). The summed E-state index contributed by atoms with van der Waals surface area (Å²) in [6.45, 7) is 2.08. The molecule has 3 heterocycles. The van der Waals surface area contributed by atoms with Gasteiger partial charge in [-0.1, -0.05) is 6.07 Å². The fourth-order valence-corrected chi connectivity index (χ4v) is 4.32. The zero-order valence-corrected chi connectivity index (χ0v) is 18.6. The van der Waals surface area contributed by atoms with Crippen molar-refractivity contribution >= 4 is 11.7 Å². The number of tetrazole rings is 1. The molecule has 2 aromatic heterocycles. The van der Waals surface area contributed by atoms with Gasteiger partial charge in [0.15, 0.2) is 0 Å². The van der Waals surface area contributed by atoms with Gasteiger partial charge in [0.25, 0.3) is 0 Å². The molecule has 2 amide bonds. The lowest BCUT2D eigenvalue weighted by molar-refractivity contribution is -0.0475. The second-order valence-electron chi connectivity index (χ2n) is 8.22. The number of aliphatic hydroxyl groups is 1. The Hall–Kier alpha value is -4.26. The topological polar surface area (TPSA) is 118 Å². The van der Waals surface area contributed by atoms with E-state index in [4.69, 9.17) is 0 Å². The molecule has 1 aliphatic heterocycles. The van der Waals surface area contributed by atoms with Crippen LogP contribution in [0.5, 0.6) is 0 Å². The van der Waals surface area contributed by atoms with Crippen LogP contribution in [-0.2, 0) is 12.1 Å². The predicted octanol–water partition coefficient (Wildman–Crippen LogP) is 1.75. The van der Waals surface area contributed by atoms with Gasteiger partial charge in [0.1, 0.15) is 36.2 Å². The number of halogens is 2. The van der Waals surface area contributed by atoms with Gasteiger partial charge in [-0.3, -0.25) is 4.90 Å². The first-order chi connectivity index (χ1) is 16.9. The molecule has 1 N–H and O–H groups in total. The van der Waals surface area contributed by atoms with Crippen molar-refractivity contribution in [1.29, 1.82) is 0 Å². The van der Waals surface area contributed by atoms with Gasteiger partial charge >= 0.3 is 6.03 Å². The van der Waals surface area contributed by atoms with E-state index in [1.54, 1.807) is 36.1 Å². The first-order valence-electron chi connectivity index (χ1n) is 10.8. The number of hydrogen-bond acceptors (Lipinski definition) is 7. The largest absolute Gasteiger partial charge is 0.381 e. The highest BCUT2D eigenvalue weighted by atomic mass is 19.1. The van der Waals surface area contributed by atoms with E-state index in [1.165, 1.54) is 39.3 Å². The summed E-state index contributed by atoms with van der Waals surface area (Å²) in [4.78, 5) is 20.3. The lowest BCUT2D eigenvalue weighted by Crippen LogP contribution is -2.53. The molecule has 2 aromatic carbocycles. The van der Waals surface area contributed by atoms with E-state index >= 15 is 0 Å². The number of carbonyl (C=O) groups excluding carboxylic acids is 1. The summed E-state index contributed by atoms with van der Waals surface area (Å²) in [5.74, 6) is -1.68. The minimum atomic E-state index is -1.92. The number of amides is 2. The quantitative estimate of drug-likeness (QED) is 0.427. The van der Waals surface area contributed by atoms with E-state index in [2.05, 4.69) is 25.6 Å². The highest BCUT2D eigenvalue weighted by Gasteiger charge is 2.46. The van der Waals surface area contributed by atoms with Gasteiger partial charge in [0, 0.05) is 30.4 Å². The number of urea groups is 1. The van der Waals surface area contributed by atoms with E-state index in [0.29, 0.717) is 18.3 Å². The second kappa shape index (κ2) is 8.83. The molecule has 0 spiro atoms. The Bertz CT molecular complexity index is 1320. The van der Waals surface area contributed by atoms with Gasteiger partial charge in [0.05, 0.1) is 18.3 Å². The molecular formula is C22H21F2N9O2. The Morgan fingerprint density at radius 1 is 1.09 bits per heavy atom. The smallest absolute Gasteiger partial charge is 0.324 e. The average Bonchev–Trinajstić information content (AvgIpc) is 3.61. The molecule has 4 aromatic rings. The SMILES string of the molecule is CC(N1CCN(c2ccc(-n3cnnn3)cc2)C1=O)[C@@](O)(Cn1cncn1)c1ccc(F)cc1F. The third-order valence-corrected chi connectivity index (χ3v) is 6.24. The third kappa shape index (κ3) is 4.10. The molecule has 13 heteroatoms. The van der Waals surface area contributed by atoms with Crippen LogP contribution in [0.2, 0.25) is 0 Å². The Labute approximate surface area is 198 Å². The number of nitrogens with zero attached hydrogens (tertiary/aromatic N) is 9. The molecule has 1 aliphatic rings. The molecular weight excluding hydrogens is 460 g/mol. The normalized spacial score (nSPS) is 16.5. The maximum atomic E-state index is 14.8. The van der Waals surface area contributed by atoms with Crippen molar-refractivity contribution in [1.82, 2.24) is 39.9 Å². The highest BCUT2D eigenvalue weighted by Crippen LogP contribution is 2.35. The Kier molecular flexibility index (Phi) is 5.68. The van der Waals surface area contributed by atoms with Crippen molar-refractivity contribution in [3.05, 3.63) is 78.6 Å². The number of benzene rings is 2. The summed E-state index contributed by atoms with van der Waals surface area (Å²) >= 11 is 0. The number of carbonyl (C=O) groups is 1. The number of anilines is 1. The third-order valence-electron chi connectivity index (χ3n) is 6.24. The molecule has 0 bridgehead atoms. The van der Waals surface area contributed by atoms with E-state index < -0.39 is 23.3 Å². The van der Waals surface area contributed by atoms with Crippen molar-refractivity contribution in [2.45, 2.75) is 25.1 Å². The maximum absolute atomic E-state index is 14.8. The van der Waals surface area contributed by atoms with Crippen LogP contribution >= 0.6 is 0 Å². The van der Waals surface area contributed by atoms with Crippen LogP contribution in [0, 0.1) is 11.6 Å². The number of rotatable bonds is 7. The Morgan fingerprint density at radius 3 is 2.51 bits per heavy atom. The van der Waals surface area contributed by atoms with Crippen LogP contribution < -0.4 is 4.90 Å². The molecule has 1 fully saturated rings. The first kappa shape index (κ1) is 22.5. The molecule has 180 valence electrons. The van der Waals surface area contributed by atoms with Crippen LogP contribution in [0.15, 0.2) is 61.4 Å². The van der Waals surface area contributed by atoms with Crippen molar-refractivity contribution in [2.24, 2.45) is 0 Å². The lowest BCUT2D eigenvalue weighted by Gasteiger charge is -2.39. The fourth-order valence-electron chi connectivity index (χ4n) is 4.32. The maximum Gasteiger partial charge on any atom is 0.324 e. The monoisotopic (exact) mass is 481 g/mol. The fraction of sp³-hybridized carbons (Fsp3) is 0.273. The van der Waals surface area contributed by atoms with Crippen LogP contribution in [0.4, 0.5) is 19.3 Å². The summed E-state index contributed by atoms with van der Waals surface area (Å²) in [6.07, 6.45) is 4.13. The lowest BCUT2D eigenvalue weighted by atomic mass is 9.85. The van der Waals surface area contributed by atoms with E-state index in [9.17, 15) is 18.7 Å². The number of aromatic nitrogens is 7. The standard InChI is InChI=1S/C22H21F2N9O2/c1-15(22(35,11-30-13-25-12-27-30)19-7-2-16(23)10-20(19)24)31-8-9-32(21(31)34)17-3-5-18(6-4-17)33-14-26-28-29-33/h2-7,10,12-15,35H,8-9,11H2,1H3/t15?,22-/m0/s1. The highest BCUT2D eigenvalue weighted by molar-refractivity contribution is 5.94. The zero-order chi connectivity index (χ0) is 24.6. The van der Waals surface area contributed by atoms with Crippen molar-refractivity contribution in [3.63, 3.8) is 0 Å². The molecule has 2 atom stereocenters. The first-order valence-corrected chi connectivity index (χ1v) is 10.8. The van der Waals surface area contributed by atoms with Crippen LogP contribution in [0.1, 0.15) is 12.5 Å². The van der Waals surface area contributed by atoms with Crippen LogP contribution in [0.3, 0.4) is 0 Å². The molecule has 35 heavy (non-hydrogen) atoms. The minimum Gasteiger partial charge on any atom is -0.381 e. The van der Waals surface area contributed by atoms with Crippen molar-refractivity contribution in [2.75, 3.05) is 18.0 Å². The molecule has 0 saturated carbocycles. The molecule has 1 unspecified atom stereocenters. The van der Waals surface area contributed by atoms with Gasteiger partial charge in [-0.2, -0.15) is 5.10 Å². The van der Waals surface area contributed by atoms with E-state index in [-0.39, 0.29) is 24.7 Å². The summed E-state index contributed by atoms with van der Waals surface area (Å²) < 4.78 is 31.3. The summed E-state index contributed by atoms with van der Waals surface area (Å²) in [5.41, 5.74) is -0.681. The van der Waals surface area contributed by atoms with Gasteiger partial charge in [-0.15, -0.1) is 5.10 Å². The van der Waals surface area contributed by atoms with Gasteiger partial charge < -0.3 is 10.0 Å². The molecule has 0 radical (unpaired) electrons. The Morgan fingerprint density at radius 2 is 1.86 bits per heavy atom. The van der Waals surface area contributed by atoms with E-state index in [1.807, 2.05) is 0 Å². The second-order valence-corrected chi connectivity index (χ2v) is 8.22. The van der Waals surface area contributed by atoms with Crippen molar-refractivity contribution in [3.8, 4) is 5.69 Å². The summed E-state index contributed by atoms with van der Waals surface area (Å²) in [6, 6.07) is 8.82. The summed E-state index contributed by atoms with van der Waals surface area (Å²) in [7, 11) is 0. The molecule has 1 saturated heterocycles. The van der Waals surface area contributed by atoms with Crippen LogP contribution in [0.25, 0.3) is 5.69 Å². The number of hydrogen-bond donors (Lipinski definition) is 1. The summed E-state index contributed by atoms with van der Waals surface area (Å²) in [5, 5.41) is 26.8. The van der Waals surface area contributed by atoms with Crippen molar-refractivity contribution < 1.29 is 18.7 Å². The van der Waals surface area contributed by atoms with Gasteiger partial charge in [0.2, 0.25) is 0 Å². The minimum absolute atomic E-state index is 0.140. The Balaban J connectivity index is 1.43. The molecule has 0 aliphatic carbocycles. The van der Waals surface area contributed by atoms with Gasteiger partial charge in [-0.25, -0.2) is 27.9 Å². The van der Waals surface area contributed by atoms with E-state index in [0.717, 1.165) is 11.8 Å².